The van der Waals surface area contributed by atoms with Crippen molar-refractivity contribution >= 4 is 43.5 Å². The second-order valence-corrected chi connectivity index (χ2v) is 5.91. The third kappa shape index (κ3) is 2.26. The molecule has 1 unspecified atom stereocenters. The molecule has 1 heterocycles. The highest BCUT2D eigenvalue weighted by Crippen LogP contribution is 2.32. The lowest BCUT2D eigenvalue weighted by molar-refractivity contribution is -0.117. The van der Waals surface area contributed by atoms with Crippen LogP contribution >= 0.6 is 31.9 Å². The molecule has 2 rings (SSSR count). The second-order valence-electron chi connectivity index (χ2n) is 3.76. The summed E-state index contributed by atoms with van der Waals surface area (Å²) < 4.78 is 0.975. The molecule has 4 heteroatoms. The summed E-state index contributed by atoms with van der Waals surface area (Å²) in [5.74, 6) is 0.183. The highest BCUT2D eigenvalue weighted by atomic mass is 79.9. The molecule has 0 aromatic heterocycles. The van der Waals surface area contributed by atoms with Crippen molar-refractivity contribution in [1.29, 1.82) is 0 Å². The summed E-state index contributed by atoms with van der Waals surface area (Å²) in [6, 6.07) is 6.05. The molecule has 1 aliphatic rings. The van der Waals surface area contributed by atoms with E-state index in [0.29, 0.717) is 6.42 Å². The van der Waals surface area contributed by atoms with E-state index in [0.717, 1.165) is 16.7 Å². The lowest BCUT2D eigenvalue weighted by atomic mass is 10.2. The number of rotatable bonds is 1. The van der Waals surface area contributed by atoms with Crippen molar-refractivity contribution in [1.82, 2.24) is 0 Å². The summed E-state index contributed by atoms with van der Waals surface area (Å²) >= 11 is 6.96. The SMILES string of the molecule is Cc1ccc(Br)c(N2CC(Br)CC2=O)c1. The van der Waals surface area contributed by atoms with Crippen molar-refractivity contribution in [2.75, 3.05) is 11.4 Å². The number of halogens is 2. The number of carbonyl (C=O) groups is 1. The van der Waals surface area contributed by atoms with Gasteiger partial charge in [0.05, 0.1) is 5.69 Å². The van der Waals surface area contributed by atoms with Gasteiger partial charge in [0, 0.05) is 22.3 Å². The minimum Gasteiger partial charge on any atom is -0.310 e. The van der Waals surface area contributed by atoms with Crippen molar-refractivity contribution in [3.63, 3.8) is 0 Å². The van der Waals surface area contributed by atoms with Crippen LogP contribution in [0.25, 0.3) is 0 Å². The topological polar surface area (TPSA) is 20.3 Å². The first kappa shape index (κ1) is 11.1. The van der Waals surface area contributed by atoms with Crippen LogP contribution < -0.4 is 4.90 Å². The minimum atomic E-state index is 0.183. The van der Waals surface area contributed by atoms with Gasteiger partial charge in [0.25, 0.3) is 0 Å². The van der Waals surface area contributed by atoms with Crippen molar-refractivity contribution in [2.45, 2.75) is 18.2 Å². The predicted octanol–water partition coefficient (Wildman–Crippen LogP) is 3.26. The smallest absolute Gasteiger partial charge is 0.228 e. The third-order valence-corrected chi connectivity index (χ3v) is 3.75. The number of nitrogens with zero attached hydrogens (tertiary/aromatic N) is 1. The fourth-order valence-corrected chi connectivity index (χ4v) is 2.75. The maximum Gasteiger partial charge on any atom is 0.228 e. The van der Waals surface area contributed by atoms with Crippen molar-refractivity contribution < 1.29 is 4.79 Å². The first-order valence-corrected chi connectivity index (χ1v) is 6.49. The molecule has 1 aromatic carbocycles. The van der Waals surface area contributed by atoms with E-state index >= 15 is 0 Å². The Morgan fingerprint density at radius 3 is 2.80 bits per heavy atom. The molecule has 1 amide bonds. The maximum atomic E-state index is 11.7. The highest BCUT2D eigenvalue weighted by Gasteiger charge is 2.29. The Morgan fingerprint density at radius 2 is 2.20 bits per heavy atom. The maximum absolute atomic E-state index is 11.7. The quantitative estimate of drug-likeness (QED) is 0.723. The van der Waals surface area contributed by atoms with Gasteiger partial charge in [0.1, 0.15) is 0 Å². The van der Waals surface area contributed by atoms with E-state index in [9.17, 15) is 4.79 Å². The molecule has 1 fully saturated rings. The number of amides is 1. The molecule has 0 bridgehead atoms. The van der Waals surface area contributed by atoms with E-state index in [-0.39, 0.29) is 10.7 Å². The molecule has 1 saturated heterocycles. The van der Waals surface area contributed by atoms with Gasteiger partial charge in [-0.1, -0.05) is 22.0 Å². The lowest BCUT2D eigenvalue weighted by Crippen LogP contribution is -2.24. The van der Waals surface area contributed by atoms with Gasteiger partial charge in [-0.2, -0.15) is 0 Å². The molecule has 80 valence electrons. The van der Waals surface area contributed by atoms with Crippen LogP contribution in [0.1, 0.15) is 12.0 Å². The summed E-state index contributed by atoms with van der Waals surface area (Å²) in [6.45, 7) is 2.78. The first-order valence-electron chi connectivity index (χ1n) is 4.78. The van der Waals surface area contributed by atoms with Crippen molar-refractivity contribution in [3.8, 4) is 0 Å². The Kier molecular flexibility index (Phi) is 3.16. The summed E-state index contributed by atoms with van der Waals surface area (Å²) in [6.07, 6.45) is 0.584. The first-order chi connectivity index (χ1) is 7.08. The van der Waals surface area contributed by atoms with Gasteiger partial charge < -0.3 is 4.90 Å². The normalized spacial score (nSPS) is 21.1. The Balaban J connectivity index is 2.37. The number of alkyl halides is 1. The third-order valence-electron chi connectivity index (χ3n) is 2.47. The highest BCUT2D eigenvalue weighted by molar-refractivity contribution is 9.10. The van der Waals surface area contributed by atoms with Gasteiger partial charge in [-0.05, 0) is 40.5 Å². The molecular weight excluding hydrogens is 322 g/mol. The number of hydrogen-bond acceptors (Lipinski definition) is 1. The zero-order valence-electron chi connectivity index (χ0n) is 8.34. The Morgan fingerprint density at radius 1 is 1.47 bits per heavy atom. The number of anilines is 1. The average molecular weight is 333 g/mol. The molecule has 0 N–H and O–H groups in total. The fraction of sp³-hybridized carbons (Fsp3) is 0.364. The van der Waals surface area contributed by atoms with Crippen LogP contribution in [0.4, 0.5) is 5.69 Å². The van der Waals surface area contributed by atoms with Crippen molar-refractivity contribution in [2.24, 2.45) is 0 Å². The molecule has 0 saturated carbocycles. The number of benzene rings is 1. The van der Waals surface area contributed by atoms with E-state index < -0.39 is 0 Å². The molecule has 1 aliphatic heterocycles. The molecule has 2 nitrogen and oxygen atoms in total. The molecule has 0 aliphatic carbocycles. The number of carbonyl (C=O) groups excluding carboxylic acids is 1. The number of hydrogen-bond donors (Lipinski definition) is 0. The Bertz CT molecular complexity index is 406. The second kappa shape index (κ2) is 4.26. The lowest BCUT2D eigenvalue weighted by Gasteiger charge is -2.18. The summed E-state index contributed by atoms with van der Waals surface area (Å²) in [5.41, 5.74) is 2.14. The van der Waals surface area contributed by atoms with Crippen LogP contribution in [0, 0.1) is 6.92 Å². The molecule has 15 heavy (non-hydrogen) atoms. The summed E-state index contributed by atoms with van der Waals surface area (Å²) in [4.78, 5) is 13.8. The van der Waals surface area contributed by atoms with Crippen LogP contribution in [-0.4, -0.2) is 17.3 Å². The van der Waals surface area contributed by atoms with E-state index in [1.54, 1.807) is 0 Å². The monoisotopic (exact) mass is 331 g/mol. The Hall–Kier alpha value is -0.350. The van der Waals surface area contributed by atoms with E-state index in [2.05, 4.69) is 31.9 Å². The average Bonchev–Trinajstić information content (AvgIpc) is 2.50. The van der Waals surface area contributed by atoms with E-state index in [1.165, 1.54) is 5.56 Å². The largest absolute Gasteiger partial charge is 0.310 e. The number of aryl methyl sites for hydroxylation is 1. The van der Waals surface area contributed by atoms with Gasteiger partial charge in [-0.25, -0.2) is 0 Å². The van der Waals surface area contributed by atoms with Crippen LogP contribution in [0.15, 0.2) is 22.7 Å². The molecule has 0 spiro atoms. The van der Waals surface area contributed by atoms with Crippen LogP contribution in [0.5, 0.6) is 0 Å². The van der Waals surface area contributed by atoms with Gasteiger partial charge in [0.15, 0.2) is 0 Å². The van der Waals surface area contributed by atoms with Gasteiger partial charge in [0.2, 0.25) is 5.91 Å². The van der Waals surface area contributed by atoms with Crippen LogP contribution in [0.3, 0.4) is 0 Å². The van der Waals surface area contributed by atoms with E-state index in [1.807, 2.05) is 30.0 Å². The van der Waals surface area contributed by atoms with Crippen molar-refractivity contribution in [3.05, 3.63) is 28.2 Å². The predicted molar refractivity (Wildman–Crippen MR) is 68.6 cm³/mol. The summed E-state index contributed by atoms with van der Waals surface area (Å²) in [7, 11) is 0. The standard InChI is InChI=1S/C11H11Br2NO/c1-7-2-3-9(13)10(4-7)14-6-8(12)5-11(14)15/h2-4,8H,5-6H2,1H3. The fourth-order valence-electron chi connectivity index (χ4n) is 1.73. The summed E-state index contributed by atoms with van der Waals surface area (Å²) in [5, 5.41) is 0. The minimum absolute atomic E-state index is 0.183. The zero-order valence-corrected chi connectivity index (χ0v) is 11.5. The van der Waals surface area contributed by atoms with Gasteiger partial charge >= 0.3 is 0 Å². The van der Waals surface area contributed by atoms with Gasteiger partial charge in [-0.15, -0.1) is 0 Å². The molecule has 0 radical (unpaired) electrons. The van der Waals surface area contributed by atoms with Crippen LogP contribution in [0.2, 0.25) is 0 Å². The molecule has 1 atom stereocenters. The molecule has 1 aromatic rings. The van der Waals surface area contributed by atoms with Crippen LogP contribution in [-0.2, 0) is 4.79 Å². The molecular formula is C11H11Br2NO. The van der Waals surface area contributed by atoms with E-state index in [4.69, 9.17) is 0 Å². The van der Waals surface area contributed by atoms with Gasteiger partial charge in [-0.3, -0.25) is 4.79 Å². The Labute approximate surface area is 106 Å². The zero-order chi connectivity index (χ0) is 11.0.